The van der Waals surface area contributed by atoms with Crippen LogP contribution in [0.5, 0.6) is 5.88 Å². The molecular weight excluding hydrogens is 306 g/mol. The summed E-state index contributed by atoms with van der Waals surface area (Å²) >= 11 is 0. The van der Waals surface area contributed by atoms with E-state index in [4.69, 9.17) is 15.2 Å². The first-order valence-corrected chi connectivity index (χ1v) is 8.57. The summed E-state index contributed by atoms with van der Waals surface area (Å²) in [5.74, 6) is 0.295. The van der Waals surface area contributed by atoms with E-state index in [1.54, 1.807) is 0 Å². The van der Waals surface area contributed by atoms with E-state index in [1.165, 1.54) is 0 Å². The fraction of sp³-hybridized carbons (Fsp3) is 0.500. The van der Waals surface area contributed by atoms with Gasteiger partial charge in [0.2, 0.25) is 5.88 Å². The van der Waals surface area contributed by atoms with Gasteiger partial charge in [-0.1, -0.05) is 0 Å². The van der Waals surface area contributed by atoms with E-state index in [-0.39, 0.29) is 6.04 Å². The summed E-state index contributed by atoms with van der Waals surface area (Å²) < 4.78 is 13.0. The van der Waals surface area contributed by atoms with Crippen molar-refractivity contribution < 1.29 is 14.6 Å². The van der Waals surface area contributed by atoms with Crippen LogP contribution >= 0.6 is 0 Å². The summed E-state index contributed by atoms with van der Waals surface area (Å²) in [7, 11) is 0. The SMILES string of the molecule is Nc1ccc2c(c1)c(C1=NCCOCC1)c(O)n2C1CCOCC1. The molecule has 6 nitrogen and oxygen atoms in total. The average molecular weight is 329 g/mol. The molecule has 4 rings (SSSR count). The van der Waals surface area contributed by atoms with Crippen LogP contribution in [0.2, 0.25) is 0 Å². The topological polar surface area (TPSA) is 82.0 Å². The fourth-order valence-corrected chi connectivity index (χ4v) is 3.72. The molecule has 128 valence electrons. The van der Waals surface area contributed by atoms with Crippen LogP contribution in [0.15, 0.2) is 23.2 Å². The molecule has 0 unspecified atom stereocenters. The van der Waals surface area contributed by atoms with E-state index in [0.29, 0.717) is 37.7 Å². The first kappa shape index (κ1) is 15.5. The second-order valence-corrected chi connectivity index (χ2v) is 6.38. The standard InChI is InChI=1S/C18H23N3O3/c19-12-1-2-16-14(11-12)17(15-5-9-24-10-6-20-15)18(22)21(16)13-3-7-23-8-4-13/h1-2,11,13,22H,3-10,19H2. The van der Waals surface area contributed by atoms with Gasteiger partial charge in [0.05, 0.1) is 36.6 Å². The predicted molar refractivity (Wildman–Crippen MR) is 93.9 cm³/mol. The molecule has 0 atom stereocenters. The smallest absolute Gasteiger partial charge is 0.201 e. The molecule has 1 fully saturated rings. The number of aromatic hydroxyl groups is 1. The zero-order chi connectivity index (χ0) is 16.5. The van der Waals surface area contributed by atoms with Crippen molar-refractivity contribution in [2.45, 2.75) is 25.3 Å². The molecule has 1 aromatic heterocycles. The van der Waals surface area contributed by atoms with Crippen LogP contribution in [-0.2, 0) is 9.47 Å². The van der Waals surface area contributed by atoms with E-state index >= 15 is 0 Å². The number of anilines is 1. The van der Waals surface area contributed by atoms with Gasteiger partial charge >= 0.3 is 0 Å². The zero-order valence-electron chi connectivity index (χ0n) is 13.7. The average Bonchev–Trinajstić information content (AvgIpc) is 2.76. The molecule has 2 aliphatic rings. The van der Waals surface area contributed by atoms with Crippen LogP contribution in [0.1, 0.15) is 30.9 Å². The van der Waals surface area contributed by atoms with Gasteiger partial charge < -0.3 is 24.9 Å². The highest BCUT2D eigenvalue weighted by atomic mass is 16.5. The van der Waals surface area contributed by atoms with Crippen molar-refractivity contribution in [3.8, 4) is 5.88 Å². The van der Waals surface area contributed by atoms with Crippen molar-refractivity contribution in [2.75, 3.05) is 38.7 Å². The summed E-state index contributed by atoms with van der Waals surface area (Å²) in [6, 6.07) is 6.06. The molecule has 0 spiro atoms. The van der Waals surface area contributed by atoms with Crippen molar-refractivity contribution in [1.82, 2.24) is 4.57 Å². The minimum Gasteiger partial charge on any atom is -0.494 e. The minimum absolute atomic E-state index is 0.237. The minimum atomic E-state index is 0.237. The van der Waals surface area contributed by atoms with Crippen LogP contribution in [0.3, 0.4) is 0 Å². The van der Waals surface area contributed by atoms with Gasteiger partial charge in [-0.3, -0.25) is 4.99 Å². The Kier molecular flexibility index (Phi) is 4.16. The first-order valence-electron chi connectivity index (χ1n) is 8.57. The van der Waals surface area contributed by atoms with Crippen molar-refractivity contribution in [2.24, 2.45) is 4.99 Å². The lowest BCUT2D eigenvalue weighted by Crippen LogP contribution is -2.19. The second kappa shape index (κ2) is 6.45. The summed E-state index contributed by atoms with van der Waals surface area (Å²) in [4.78, 5) is 4.65. The van der Waals surface area contributed by atoms with Crippen molar-refractivity contribution in [3.05, 3.63) is 23.8 Å². The number of aromatic nitrogens is 1. The highest BCUT2D eigenvalue weighted by molar-refractivity contribution is 6.14. The molecule has 6 heteroatoms. The van der Waals surface area contributed by atoms with Crippen LogP contribution in [0.4, 0.5) is 5.69 Å². The van der Waals surface area contributed by atoms with E-state index in [2.05, 4.69) is 4.99 Å². The summed E-state index contributed by atoms with van der Waals surface area (Å²) in [5, 5.41) is 12.0. The largest absolute Gasteiger partial charge is 0.494 e. The molecule has 0 saturated carbocycles. The number of fused-ring (bicyclic) bond motifs is 1. The number of hydrogen-bond donors (Lipinski definition) is 2. The van der Waals surface area contributed by atoms with Gasteiger partial charge in [0.15, 0.2) is 0 Å². The van der Waals surface area contributed by atoms with Crippen LogP contribution in [0, 0.1) is 0 Å². The highest BCUT2D eigenvalue weighted by Crippen LogP contribution is 2.39. The van der Waals surface area contributed by atoms with Gasteiger partial charge in [-0.05, 0) is 31.0 Å². The fourth-order valence-electron chi connectivity index (χ4n) is 3.72. The summed E-state index contributed by atoms with van der Waals surface area (Å²) in [5.41, 5.74) is 9.44. The molecule has 0 amide bonds. The molecule has 0 bridgehead atoms. The number of ether oxygens (including phenoxy) is 2. The maximum Gasteiger partial charge on any atom is 0.201 e. The second-order valence-electron chi connectivity index (χ2n) is 6.38. The Morgan fingerprint density at radius 1 is 1.12 bits per heavy atom. The molecule has 2 aliphatic heterocycles. The summed E-state index contributed by atoms with van der Waals surface area (Å²) in [6.07, 6.45) is 2.50. The molecular formula is C18H23N3O3. The summed E-state index contributed by atoms with van der Waals surface area (Å²) in [6.45, 7) is 3.34. The molecule has 3 N–H and O–H groups in total. The van der Waals surface area contributed by atoms with Crippen LogP contribution < -0.4 is 5.73 Å². The quantitative estimate of drug-likeness (QED) is 0.829. The molecule has 24 heavy (non-hydrogen) atoms. The Hall–Kier alpha value is -2.05. The van der Waals surface area contributed by atoms with Gasteiger partial charge in [-0.25, -0.2) is 0 Å². The van der Waals surface area contributed by atoms with E-state index in [0.717, 1.165) is 48.2 Å². The third kappa shape index (κ3) is 2.65. The highest BCUT2D eigenvalue weighted by Gasteiger charge is 2.26. The molecule has 2 aromatic rings. The molecule has 1 saturated heterocycles. The lowest BCUT2D eigenvalue weighted by atomic mass is 10.1. The van der Waals surface area contributed by atoms with Crippen LogP contribution in [-0.4, -0.2) is 48.4 Å². The van der Waals surface area contributed by atoms with Crippen LogP contribution in [0.25, 0.3) is 10.9 Å². The Morgan fingerprint density at radius 3 is 2.75 bits per heavy atom. The molecule has 0 radical (unpaired) electrons. The van der Waals surface area contributed by atoms with Gasteiger partial charge in [-0.15, -0.1) is 0 Å². The van der Waals surface area contributed by atoms with Gasteiger partial charge in [0.1, 0.15) is 0 Å². The molecule has 3 heterocycles. The number of aliphatic imine (C=N–C) groups is 1. The van der Waals surface area contributed by atoms with Gasteiger partial charge in [0, 0.05) is 36.8 Å². The first-order chi connectivity index (χ1) is 11.8. The number of nitrogens with two attached hydrogens (primary N) is 1. The number of rotatable bonds is 2. The Balaban J connectivity index is 1.90. The zero-order valence-corrected chi connectivity index (χ0v) is 13.7. The lowest BCUT2D eigenvalue weighted by Gasteiger charge is -2.25. The van der Waals surface area contributed by atoms with Crippen molar-refractivity contribution in [3.63, 3.8) is 0 Å². The lowest BCUT2D eigenvalue weighted by molar-refractivity contribution is 0.0688. The van der Waals surface area contributed by atoms with Gasteiger partial charge in [0.25, 0.3) is 0 Å². The van der Waals surface area contributed by atoms with E-state index < -0.39 is 0 Å². The maximum absolute atomic E-state index is 11.1. The number of nitrogen functional groups attached to an aromatic ring is 1. The number of hydrogen-bond acceptors (Lipinski definition) is 5. The van der Waals surface area contributed by atoms with Crippen molar-refractivity contribution >= 4 is 22.3 Å². The van der Waals surface area contributed by atoms with Crippen molar-refractivity contribution in [1.29, 1.82) is 0 Å². The molecule has 1 aromatic carbocycles. The van der Waals surface area contributed by atoms with Gasteiger partial charge in [-0.2, -0.15) is 0 Å². The Labute approximate surface area is 140 Å². The number of benzene rings is 1. The predicted octanol–water partition coefficient (Wildman–Crippen LogP) is 2.49. The maximum atomic E-state index is 11.1. The Bertz CT molecular complexity index is 775. The van der Waals surface area contributed by atoms with E-state index in [1.807, 2.05) is 22.8 Å². The third-order valence-corrected chi connectivity index (χ3v) is 4.87. The Morgan fingerprint density at radius 2 is 1.92 bits per heavy atom. The molecule has 0 aliphatic carbocycles. The van der Waals surface area contributed by atoms with E-state index in [9.17, 15) is 5.11 Å². The third-order valence-electron chi connectivity index (χ3n) is 4.87. The normalized spacial score (nSPS) is 20.1. The number of nitrogens with zero attached hydrogens (tertiary/aromatic N) is 2. The monoisotopic (exact) mass is 329 g/mol.